The summed E-state index contributed by atoms with van der Waals surface area (Å²) in [6, 6.07) is 11.7. The predicted molar refractivity (Wildman–Crippen MR) is 111 cm³/mol. The summed E-state index contributed by atoms with van der Waals surface area (Å²) in [7, 11) is 0. The van der Waals surface area contributed by atoms with Crippen molar-refractivity contribution in [3.63, 3.8) is 0 Å². The number of hydrogen-bond acceptors (Lipinski definition) is 3. The van der Waals surface area contributed by atoms with Gasteiger partial charge in [0.15, 0.2) is 11.4 Å². The van der Waals surface area contributed by atoms with E-state index in [1.807, 2.05) is 44.2 Å². The van der Waals surface area contributed by atoms with Crippen LogP contribution in [0.1, 0.15) is 55.2 Å². The third kappa shape index (κ3) is 3.16. The predicted octanol–water partition coefficient (Wildman–Crippen LogP) is 5.78. The van der Waals surface area contributed by atoms with Crippen molar-refractivity contribution in [1.82, 2.24) is 0 Å². The van der Waals surface area contributed by atoms with E-state index in [0.717, 1.165) is 40.7 Å². The highest BCUT2D eigenvalue weighted by Crippen LogP contribution is 2.45. The SMILES string of the molecule is Cc1cc(C2C(=O)OC3(CCC(C)CC3)C2=O)c(C)cc1-c1ccc(Cl)cc1. The molecule has 1 aliphatic carbocycles. The van der Waals surface area contributed by atoms with Crippen molar-refractivity contribution in [2.24, 2.45) is 5.92 Å². The number of benzene rings is 2. The third-order valence-electron chi connectivity index (χ3n) is 6.40. The maximum atomic E-state index is 13.3. The molecule has 1 aliphatic heterocycles. The molecule has 1 saturated carbocycles. The molecule has 4 rings (SSSR count). The maximum Gasteiger partial charge on any atom is 0.322 e. The first-order valence-electron chi connectivity index (χ1n) is 9.95. The maximum absolute atomic E-state index is 13.3. The minimum Gasteiger partial charge on any atom is -0.450 e. The molecule has 2 fully saturated rings. The van der Waals surface area contributed by atoms with Crippen molar-refractivity contribution in [3.8, 4) is 11.1 Å². The van der Waals surface area contributed by atoms with Crippen LogP contribution in [0.4, 0.5) is 0 Å². The lowest BCUT2D eigenvalue weighted by Crippen LogP contribution is -2.40. The van der Waals surface area contributed by atoms with Crippen LogP contribution in [0.3, 0.4) is 0 Å². The third-order valence-corrected chi connectivity index (χ3v) is 6.66. The Kier molecular flexibility index (Phi) is 4.83. The van der Waals surface area contributed by atoms with Gasteiger partial charge in [-0.05, 0) is 85.4 Å². The van der Waals surface area contributed by atoms with Crippen LogP contribution in [-0.2, 0) is 14.3 Å². The van der Waals surface area contributed by atoms with Crippen molar-refractivity contribution in [2.75, 3.05) is 0 Å². The molecule has 2 aromatic carbocycles. The molecule has 3 nitrogen and oxygen atoms in total. The Hall–Kier alpha value is -2.13. The van der Waals surface area contributed by atoms with E-state index in [1.165, 1.54) is 0 Å². The summed E-state index contributed by atoms with van der Waals surface area (Å²) in [5.74, 6) is -0.655. The fourth-order valence-corrected chi connectivity index (χ4v) is 4.73. The first-order valence-corrected chi connectivity index (χ1v) is 10.3. The van der Waals surface area contributed by atoms with E-state index in [1.54, 1.807) is 0 Å². The van der Waals surface area contributed by atoms with Gasteiger partial charge < -0.3 is 4.74 Å². The molecule has 1 unspecified atom stereocenters. The number of ketones is 1. The molecule has 0 N–H and O–H groups in total. The number of Topliss-reactive ketones (excluding diaryl/α,β-unsaturated/α-hetero) is 1. The van der Waals surface area contributed by atoms with Crippen LogP contribution in [0, 0.1) is 19.8 Å². The second-order valence-electron chi connectivity index (χ2n) is 8.43. The summed E-state index contributed by atoms with van der Waals surface area (Å²) in [5.41, 5.74) is 3.99. The topological polar surface area (TPSA) is 43.4 Å². The van der Waals surface area contributed by atoms with Crippen LogP contribution in [0.5, 0.6) is 0 Å². The number of esters is 1. The molecule has 0 bridgehead atoms. The molecule has 1 heterocycles. The van der Waals surface area contributed by atoms with Crippen LogP contribution in [0.25, 0.3) is 11.1 Å². The van der Waals surface area contributed by atoms with Gasteiger partial charge >= 0.3 is 5.97 Å². The Morgan fingerprint density at radius 1 is 1.00 bits per heavy atom. The average Bonchev–Trinajstić information content (AvgIpc) is 2.90. The lowest BCUT2D eigenvalue weighted by Gasteiger charge is -2.33. The summed E-state index contributed by atoms with van der Waals surface area (Å²) >= 11 is 6.00. The molecule has 2 aromatic rings. The Bertz CT molecular complexity index is 937. The molecular weight excluding hydrogens is 372 g/mol. The second-order valence-corrected chi connectivity index (χ2v) is 8.86. The molecule has 28 heavy (non-hydrogen) atoms. The molecule has 146 valence electrons. The number of rotatable bonds is 2. The van der Waals surface area contributed by atoms with Gasteiger partial charge in [0.25, 0.3) is 0 Å². The van der Waals surface area contributed by atoms with Gasteiger partial charge in [-0.2, -0.15) is 0 Å². The molecule has 2 aliphatic rings. The van der Waals surface area contributed by atoms with Gasteiger partial charge in [0.2, 0.25) is 0 Å². The van der Waals surface area contributed by atoms with E-state index in [4.69, 9.17) is 16.3 Å². The van der Waals surface area contributed by atoms with E-state index in [-0.39, 0.29) is 11.8 Å². The zero-order valence-corrected chi connectivity index (χ0v) is 17.3. The Balaban J connectivity index is 1.70. The van der Waals surface area contributed by atoms with E-state index in [9.17, 15) is 9.59 Å². The standard InChI is InChI=1S/C24H25ClO3/c1-14-8-10-24(11-9-14)22(26)21(23(27)28-24)20-13-15(2)19(12-16(20)3)17-4-6-18(25)7-5-17/h4-7,12-14,21H,8-11H2,1-3H3. The molecule has 4 heteroatoms. The molecule has 1 saturated heterocycles. The summed E-state index contributed by atoms with van der Waals surface area (Å²) in [6.07, 6.45) is 3.16. The van der Waals surface area contributed by atoms with Gasteiger partial charge in [-0.15, -0.1) is 0 Å². The van der Waals surface area contributed by atoms with Crippen molar-refractivity contribution < 1.29 is 14.3 Å². The van der Waals surface area contributed by atoms with E-state index in [0.29, 0.717) is 23.8 Å². The monoisotopic (exact) mass is 396 g/mol. The van der Waals surface area contributed by atoms with Gasteiger partial charge in [0, 0.05) is 5.02 Å². The lowest BCUT2D eigenvalue weighted by atomic mass is 9.74. The summed E-state index contributed by atoms with van der Waals surface area (Å²) in [4.78, 5) is 26.0. The quantitative estimate of drug-likeness (QED) is 0.477. The zero-order chi connectivity index (χ0) is 20.1. The van der Waals surface area contributed by atoms with Crippen LogP contribution < -0.4 is 0 Å². The van der Waals surface area contributed by atoms with Crippen LogP contribution >= 0.6 is 11.6 Å². The van der Waals surface area contributed by atoms with Gasteiger partial charge in [-0.25, -0.2) is 0 Å². The van der Waals surface area contributed by atoms with E-state index < -0.39 is 11.5 Å². The molecule has 1 spiro atoms. The van der Waals surface area contributed by atoms with Crippen molar-refractivity contribution in [2.45, 2.75) is 58.0 Å². The smallest absolute Gasteiger partial charge is 0.322 e. The van der Waals surface area contributed by atoms with Crippen molar-refractivity contribution >= 4 is 23.4 Å². The number of carbonyl (C=O) groups is 2. The normalized spacial score (nSPS) is 27.3. The molecule has 0 amide bonds. The van der Waals surface area contributed by atoms with Gasteiger partial charge in [0.05, 0.1) is 0 Å². The lowest BCUT2D eigenvalue weighted by molar-refractivity contribution is -0.155. The summed E-state index contributed by atoms with van der Waals surface area (Å²) < 4.78 is 5.74. The minimum absolute atomic E-state index is 0.0499. The Labute approximate surface area is 171 Å². The molecule has 0 radical (unpaired) electrons. The molecule has 1 atom stereocenters. The Morgan fingerprint density at radius 3 is 2.29 bits per heavy atom. The van der Waals surface area contributed by atoms with Crippen LogP contribution in [0.15, 0.2) is 36.4 Å². The van der Waals surface area contributed by atoms with Crippen molar-refractivity contribution in [3.05, 3.63) is 58.1 Å². The first kappa shape index (κ1) is 19.2. The van der Waals surface area contributed by atoms with E-state index >= 15 is 0 Å². The van der Waals surface area contributed by atoms with Gasteiger partial charge in [-0.3, -0.25) is 9.59 Å². The highest BCUT2D eigenvalue weighted by Gasteiger charge is 2.56. The fourth-order valence-electron chi connectivity index (χ4n) is 4.61. The van der Waals surface area contributed by atoms with E-state index in [2.05, 4.69) is 13.0 Å². The first-order chi connectivity index (χ1) is 13.3. The number of ether oxygens (including phenoxy) is 1. The second kappa shape index (κ2) is 7.04. The van der Waals surface area contributed by atoms with Gasteiger partial charge in [-0.1, -0.05) is 42.8 Å². The van der Waals surface area contributed by atoms with Crippen LogP contribution in [-0.4, -0.2) is 17.4 Å². The molecule has 0 aromatic heterocycles. The number of aryl methyl sites for hydroxylation is 2. The summed E-state index contributed by atoms with van der Waals surface area (Å²) in [6.45, 7) is 6.16. The minimum atomic E-state index is -0.899. The molecular formula is C24H25ClO3. The van der Waals surface area contributed by atoms with Gasteiger partial charge in [0.1, 0.15) is 5.92 Å². The number of hydrogen-bond donors (Lipinski definition) is 0. The largest absolute Gasteiger partial charge is 0.450 e. The fraction of sp³-hybridized carbons (Fsp3) is 0.417. The average molecular weight is 397 g/mol. The highest BCUT2D eigenvalue weighted by atomic mass is 35.5. The number of halogens is 1. The highest BCUT2D eigenvalue weighted by molar-refractivity contribution is 6.30. The summed E-state index contributed by atoms with van der Waals surface area (Å²) in [5, 5.41) is 0.696. The van der Waals surface area contributed by atoms with Crippen LogP contribution in [0.2, 0.25) is 5.02 Å². The number of carbonyl (C=O) groups excluding carboxylic acids is 2. The van der Waals surface area contributed by atoms with Crippen molar-refractivity contribution in [1.29, 1.82) is 0 Å². The zero-order valence-electron chi connectivity index (χ0n) is 16.5. The Morgan fingerprint density at radius 2 is 1.64 bits per heavy atom.